The monoisotopic (exact) mass is 585 g/mol. The van der Waals surface area contributed by atoms with Crippen LogP contribution in [0.2, 0.25) is 0 Å². The molecule has 0 N–H and O–H groups in total. The summed E-state index contributed by atoms with van der Waals surface area (Å²) in [5.41, 5.74) is -0.175. The Bertz CT molecular complexity index is 1430. The third-order valence-corrected chi connectivity index (χ3v) is 7.12. The van der Waals surface area contributed by atoms with Crippen LogP contribution >= 0.6 is 0 Å². The van der Waals surface area contributed by atoms with Crippen molar-refractivity contribution in [2.24, 2.45) is 0 Å². The van der Waals surface area contributed by atoms with Gasteiger partial charge in [-0.3, -0.25) is 4.90 Å². The van der Waals surface area contributed by atoms with Gasteiger partial charge in [-0.25, -0.2) is 22.0 Å². The summed E-state index contributed by atoms with van der Waals surface area (Å²) in [6.45, 7) is 1.04. The van der Waals surface area contributed by atoms with Crippen molar-refractivity contribution in [2.45, 2.75) is 30.5 Å². The van der Waals surface area contributed by atoms with E-state index >= 15 is 0 Å². The Balaban J connectivity index is 1.71. The van der Waals surface area contributed by atoms with Gasteiger partial charge in [-0.1, -0.05) is 30.3 Å². The van der Waals surface area contributed by atoms with Gasteiger partial charge in [0.05, 0.1) is 24.2 Å². The topological polar surface area (TPSA) is 72.9 Å². The minimum atomic E-state index is -4.48. The maximum Gasteiger partial charge on any atom is 0.416 e. The minimum Gasteiger partial charge on any atom is -0.493 e. The van der Waals surface area contributed by atoms with Crippen LogP contribution in [0.3, 0.4) is 0 Å². The molecule has 0 aliphatic rings. The summed E-state index contributed by atoms with van der Waals surface area (Å²) >= 11 is 0. The Hall–Kier alpha value is -3.51. The van der Waals surface area contributed by atoms with Crippen molar-refractivity contribution in [2.75, 3.05) is 33.1 Å². The number of alkyl halides is 3. The molecule has 40 heavy (non-hydrogen) atoms. The van der Waals surface area contributed by atoms with Crippen LogP contribution in [0.1, 0.15) is 33.5 Å². The van der Waals surface area contributed by atoms with Crippen molar-refractivity contribution in [3.8, 4) is 5.75 Å². The number of ether oxygens (including phenoxy) is 2. The molecule has 0 atom stereocenters. The van der Waals surface area contributed by atoms with Crippen molar-refractivity contribution in [3.63, 3.8) is 0 Å². The first-order valence-electron chi connectivity index (χ1n) is 12.2. The summed E-state index contributed by atoms with van der Waals surface area (Å²) in [7, 11) is -3.00. The summed E-state index contributed by atoms with van der Waals surface area (Å²) in [5, 5.41) is 0. The van der Waals surface area contributed by atoms with E-state index in [2.05, 4.69) is 4.74 Å². The van der Waals surface area contributed by atoms with Gasteiger partial charge in [-0.05, 0) is 48.2 Å². The lowest BCUT2D eigenvalue weighted by molar-refractivity contribution is -0.137. The zero-order chi connectivity index (χ0) is 29.5. The smallest absolute Gasteiger partial charge is 0.416 e. The fourth-order valence-electron chi connectivity index (χ4n) is 4.02. The first kappa shape index (κ1) is 31.0. The summed E-state index contributed by atoms with van der Waals surface area (Å²) in [5.74, 6) is -2.75. The Morgan fingerprint density at radius 3 is 2.27 bits per heavy atom. The van der Waals surface area contributed by atoms with Crippen LogP contribution in [0, 0.1) is 11.6 Å². The molecule has 3 aromatic rings. The number of methoxy groups -OCH3 is 1. The number of esters is 1. The maximum absolute atomic E-state index is 14.6. The molecule has 0 saturated heterocycles. The highest BCUT2D eigenvalue weighted by molar-refractivity contribution is 7.90. The number of carbonyl (C=O) groups is 1. The third-order valence-electron chi connectivity index (χ3n) is 5.99. The van der Waals surface area contributed by atoms with E-state index < -0.39 is 43.8 Å². The molecule has 0 unspecified atom stereocenters. The average molecular weight is 586 g/mol. The van der Waals surface area contributed by atoms with Crippen LogP contribution in [-0.4, -0.2) is 52.3 Å². The molecule has 0 aromatic heterocycles. The SMILES string of the molecule is COC(=O)c1c(F)cc(OCCCN(CCc2ccc(F)cc2)Cc2cccc(C(F)(F)F)c2)cc1S(C)(=O)=O. The van der Waals surface area contributed by atoms with E-state index in [0.717, 1.165) is 43.2 Å². The van der Waals surface area contributed by atoms with Crippen LogP contribution in [0.4, 0.5) is 22.0 Å². The van der Waals surface area contributed by atoms with Crippen LogP contribution in [-0.2, 0) is 33.7 Å². The second-order valence-electron chi connectivity index (χ2n) is 9.09. The van der Waals surface area contributed by atoms with E-state index in [0.29, 0.717) is 31.5 Å². The molecule has 6 nitrogen and oxygen atoms in total. The highest BCUT2D eigenvalue weighted by Gasteiger charge is 2.30. The molecule has 0 spiro atoms. The second kappa shape index (κ2) is 13.2. The predicted molar refractivity (Wildman–Crippen MR) is 138 cm³/mol. The number of rotatable bonds is 12. The number of sulfone groups is 1. The molecular formula is C28H28F5NO5S. The van der Waals surface area contributed by atoms with Crippen molar-refractivity contribution in [1.29, 1.82) is 0 Å². The quantitative estimate of drug-likeness (QED) is 0.155. The van der Waals surface area contributed by atoms with Gasteiger partial charge in [0.25, 0.3) is 0 Å². The largest absolute Gasteiger partial charge is 0.493 e. The Morgan fingerprint density at radius 1 is 0.950 bits per heavy atom. The van der Waals surface area contributed by atoms with Gasteiger partial charge in [-0.15, -0.1) is 0 Å². The van der Waals surface area contributed by atoms with Crippen molar-refractivity contribution >= 4 is 15.8 Å². The molecule has 0 heterocycles. The molecule has 0 aliphatic heterocycles. The van der Waals surface area contributed by atoms with E-state index in [1.165, 1.54) is 18.2 Å². The molecule has 0 saturated carbocycles. The van der Waals surface area contributed by atoms with E-state index in [1.807, 2.05) is 4.90 Å². The summed E-state index contributed by atoms with van der Waals surface area (Å²) in [6, 6.07) is 12.9. The number of carbonyl (C=O) groups excluding carboxylic acids is 1. The van der Waals surface area contributed by atoms with Crippen LogP contribution < -0.4 is 4.74 Å². The van der Waals surface area contributed by atoms with Gasteiger partial charge in [0.2, 0.25) is 0 Å². The summed E-state index contributed by atoms with van der Waals surface area (Å²) in [6.07, 6.45) is -2.79. The van der Waals surface area contributed by atoms with Crippen molar-refractivity contribution in [1.82, 2.24) is 4.90 Å². The minimum absolute atomic E-state index is 0.0237. The van der Waals surface area contributed by atoms with E-state index in [-0.39, 0.29) is 24.7 Å². The number of halogens is 5. The summed E-state index contributed by atoms with van der Waals surface area (Å²) in [4.78, 5) is 13.2. The standard InChI is InChI=1S/C28H28F5NO5S/c1-38-27(35)26-24(30)16-23(17-25(26)40(2,36)37)39-14-4-12-34(13-11-19-7-9-22(29)10-8-19)18-20-5-3-6-21(15-20)28(31,32)33/h3,5-10,15-17H,4,11-14,18H2,1-2H3. The van der Waals surface area contributed by atoms with E-state index in [9.17, 15) is 35.2 Å². The first-order valence-corrected chi connectivity index (χ1v) is 14.0. The molecule has 0 radical (unpaired) electrons. The van der Waals surface area contributed by atoms with Gasteiger partial charge in [0, 0.05) is 32.0 Å². The molecule has 0 bridgehead atoms. The zero-order valence-corrected chi connectivity index (χ0v) is 22.6. The zero-order valence-electron chi connectivity index (χ0n) is 21.8. The highest BCUT2D eigenvalue weighted by atomic mass is 32.2. The molecule has 216 valence electrons. The normalized spacial score (nSPS) is 12.0. The van der Waals surface area contributed by atoms with Crippen LogP contribution in [0.15, 0.2) is 65.6 Å². The van der Waals surface area contributed by atoms with Gasteiger partial charge in [-0.2, -0.15) is 13.2 Å². The van der Waals surface area contributed by atoms with Crippen LogP contribution in [0.5, 0.6) is 5.75 Å². The lowest BCUT2D eigenvalue weighted by Gasteiger charge is -2.23. The van der Waals surface area contributed by atoms with E-state index in [4.69, 9.17) is 4.74 Å². The second-order valence-corrected chi connectivity index (χ2v) is 11.1. The van der Waals surface area contributed by atoms with Gasteiger partial charge in [0.15, 0.2) is 9.84 Å². The molecule has 0 fully saturated rings. The lowest BCUT2D eigenvalue weighted by atomic mass is 10.1. The maximum atomic E-state index is 14.6. The Morgan fingerprint density at radius 2 is 1.65 bits per heavy atom. The van der Waals surface area contributed by atoms with Gasteiger partial charge < -0.3 is 9.47 Å². The molecule has 0 aliphatic carbocycles. The molecule has 12 heteroatoms. The number of hydrogen-bond donors (Lipinski definition) is 0. The fraction of sp³-hybridized carbons (Fsp3) is 0.321. The average Bonchev–Trinajstić information content (AvgIpc) is 2.89. The molecular weight excluding hydrogens is 557 g/mol. The number of benzene rings is 3. The lowest BCUT2D eigenvalue weighted by Crippen LogP contribution is -2.28. The van der Waals surface area contributed by atoms with Crippen molar-refractivity contribution in [3.05, 3.63) is 94.6 Å². The van der Waals surface area contributed by atoms with E-state index in [1.54, 1.807) is 18.2 Å². The van der Waals surface area contributed by atoms with Gasteiger partial charge in [0.1, 0.15) is 22.9 Å². The molecule has 3 rings (SSSR count). The fourth-order valence-corrected chi connectivity index (χ4v) is 4.91. The van der Waals surface area contributed by atoms with Crippen LogP contribution in [0.25, 0.3) is 0 Å². The van der Waals surface area contributed by atoms with Crippen molar-refractivity contribution < 1.29 is 44.6 Å². The first-order chi connectivity index (χ1) is 18.8. The molecule has 3 aromatic carbocycles. The highest BCUT2D eigenvalue weighted by Crippen LogP contribution is 2.30. The third kappa shape index (κ3) is 8.75. The van der Waals surface area contributed by atoms with Gasteiger partial charge >= 0.3 is 12.1 Å². The Labute approximate surface area is 229 Å². The Kier molecular flexibility index (Phi) is 10.3. The number of nitrogens with zero attached hydrogens (tertiary/aromatic N) is 1. The summed E-state index contributed by atoms with van der Waals surface area (Å²) < 4.78 is 102. The number of hydrogen-bond acceptors (Lipinski definition) is 6. The predicted octanol–water partition coefficient (Wildman–Crippen LogP) is 5.69. The molecule has 0 amide bonds.